The maximum Gasteiger partial charge on any atom is 0.138 e. The number of benzene rings is 1. The number of fused-ring (bicyclic) bond motifs is 1. The topological polar surface area (TPSA) is 43.3 Å². The number of hydrogen-bond acceptors (Lipinski definition) is 3. The van der Waals surface area contributed by atoms with E-state index in [1.807, 2.05) is 34.9 Å². The van der Waals surface area contributed by atoms with Crippen LogP contribution in [0.2, 0.25) is 0 Å². The van der Waals surface area contributed by atoms with E-state index < -0.39 is 0 Å². The fourth-order valence-corrected chi connectivity index (χ4v) is 3.08. The molecule has 0 amide bonds. The average molecular weight is 287 g/mol. The summed E-state index contributed by atoms with van der Waals surface area (Å²) in [5.74, 6) is -0.228. The van der Waals surface area contributed by atoms with Gasteiger partial charge in [0, 0.05) is 17.5 Å². The van der Waals surface area contributed by atoms with Crippen molar-refractivity contribution in [3.05, 3.63) is 60.2 Å². The van der Waals surface area contributed by atoms with Crippen LogP contribution in [-0.2, 0) is 6.42 Å². The molecule has 0 unspecified atom stereocenters. The molecule has 0 fully saturated rings. The predicted molar refractivity (Wildman–Crippen MR) is 78.5 cm³/mol. The number of hydrogen-bond donors (Lipinski definition) is 1. The first kappa shape index (κ1) is 13.1. The average Bonchev–Trinajstić information content (AvgIpc) is 2.80. The molecule has 1 aromatic carbocycles. The van der Waals surface area contributed by atoms with E-state index in [9.17, 15) is 4.39 Å². The van der Waals surface area contributed by atoms with E-state index in [2.05, 4.69) is 4.98 Å². The Balaban J connectivity index is 2.06. The molecule has 2 N–H and O–H groups in total. The van der Waals surface area contributed by atoms with Crippen molar-refractivity contribution in [2.45, 2.75) is 16.3 Å². The summed E-state index contributed by atoms with van der Waals surface area (Å²) in [4.78, 5) is 5.15. The highest BCUT2D eigenvalue weighted by atomic mass is 32.2. The Morgan fingerprint density at radius 3 is 2.75 bits per heavy atom. The Bertz CT molecular complexity index is 739. The molecule has 0 aliphatic heterocycles. The van der Waals surface area contributed by atoms with Gasteiger partial charge in [-0.3, -0.25) is 0 Å². The highest BCUT2D eigenvalue weighted by Gasteiger charge is 2.14. The second-order valence-electron chi connectivity index (χ2n) is 4.36. The summed E-state index contributed by atoms with van der Waals surface area (Å²) >= 11 is 1.34. The first-order valence-corrected chi connectivity index (χ1v) is 7.19. The van der Waals surface area contributed by atoms with Crippen LogP contribution < -0.4 is 5.73 Å². The van der Waals surface area contributed by atoms with Crippen LogP contribution in [0.3, 0.4) is 0 Å². The number of aromatic nitrogens is 2. The zero-order valence-electron chi connectivity index (χ0n) is 10.8. The van der Waals surface area contributed by atoms with E-state index in [-0.39, 0.29) is 5.82 Å². The molecule has 5 heteroatoms. The predicted octanol–water partition coefficient (Wildman–Crippen LogP) is 3.13. The molecule has 0 saturated carbocycles. The standard InChI is InChI=1S/C15H14FN3S/c16-11-5-1-2-6-13(11)20-15-12(8-9-17)19-10-4-3-7-14(19)18-15/h1-7,10H,8-9,17H2. The van der Waals surface area contributed by atoms with Crippen molar-refractivity contribution in [2.75, 3.05) is 6.54 Å². The smallest absolute Gasteiger partial charge is 0.138 e. The van der Waals surface area contributed by atoms with E-state index >= 15 is 0 Å². The molecular formula is C15H14FN3S. The molecule has 3 rings (SSSR count). The molecule has 0 atom stereocenters. The lowest BCUT2D eigenvalue weighted by atomic mass is 10.3. The van der Waals surface area contributed by atoms with Crippen LogP contribution in [-0.4, -0.2) is 15.9 Å². The number of imidazole rings is 1. The monoisotopic (exact) mass is 287 g/mol. The number of rotatable bonds is 4. The van der Waals surface area contributed by atoms with Crippen molar-refractivity contribution in [1.82, 2.24) is 9.38 Å². The molecule has 0 aliphatic carbocycles. The van der Waals surface area contributed by atoms with Crippen LogP contribution in [0.5, 0.6) is 0 Å². The number of halogens is 1. The van der Waals surface area contributed by atoms with Crippen LogP contribution in [0, 0.1) is 5.82 Å². The van der Waals surface area contributed by atoms with Crippen molar-refractivity contribution in [1.29, 1.82) is 0 Å². The van der Waals surface area contributed by atoms with Crippen LogP contribution in [0.1, 0.15) is 5.69 Å². The highest BCUT2D eigenvalue weighted by Crippen LogP contribution is 2.32. The molecule has 0 bridgehead atoms. The summed E-state index contributed by atoms with van der Waals surface area (Å²) in [7, 11) is 0. The van der Waals surface area contributed by atoms with Gasteiger partial charge in [0.05, 0.1) is 5.69 Å². The number of nitrogens with two attached hydrogens (primary N) is 1. The third kappa shape index (κ3) is 2.42. The summed E-state index contributed by atoms with van der Waals surface area (Å²) in [6, 6.07) is 12.6. The van der Waals surface area contributed by atoms with Crippen LogP contribution in [0.25, 0.3) is 5.65 Å². The van der Waals surface area contributed by atoms with Crippen molar-refractivity contribution < 1.29 is 4.39 Å². The van der Waals surface area contributed by atoms with Crippen molar-refractivity contribution in [3.63, 3.8) is 0 Å². The van der Waals surface area contributed by atoms with Gasteiger partial charge in [-0.15, -0.1) is 0 Å². The van der Waals surface area contributed by atoms with Crippen LogP contribution >= 0.6 is 11.8 Å². The third-order valence-electron chi connectivity index (χ3n) is 3.02. The zero-order valence-corrected chi connectivity index (χ0v) is 11.6. The molecule has 3 nitrogen and oxygen atoms in total. The van der Waals surface area contributed by atoms with E-state index in [1.165, 1.54) is 17.8 Å². The second kappa shape index (κ2) is 5.64. The molecule has 0 radical (unpaired) electrons. The summed E-state index contributed by atoms with van der Waals surface area (Å²) < 4.78 is 15.8. The minimum absolute atomic E-state index is 0.228. The Morgan fingerprint density at radius 1 is 1.15 bits per heavy atom. The van der Waals surface area contributed by atoms with Gasteiger partial charge in [-0.25, -0.2) is 9.37 Å². The lowest BCUT2D eigenvalue weighted by Gasteiger charge is -2.04. The van der Waals surface area contributed by atoms with E-state index in [0.717, 1.165) is 16.4 Å². The summed E-state index contributed by atoms with van der Waals surface area (Å²) in [6.07, 6.45) is 2.67. The second-order valence-corrected chi connectivity index (χ2v) is 5.39. The fourth-order valence-electron chi connectivity index (χ4n) is 2.10. The molecule has 3 aromatic rings. The Labute approximate surface area is 120 Å². The fraction of sp³-hybridized carbons (Fsp3) is 0.133. The first-order valence-electron chi connectivity index (χ1n) is 6.38. The van der Waals surface area contributed by atoms with Gasteiger partial charge < -0.3 is 10.1 Å². The minimum atomic E-state index is -0.228. The molecule has 0 spiro atoms. The minimum Gasteiger partial charge on any atom is -0.330 e. The van der Waals surface area contributed by atoms with Crippen molar-refractivity contribution >= 4 is 17.4 Å². The maximum atomic E-state index is 13.8. The normalized spacial score (nSPS) is 11.1. The van der Waals surface area contributed by atoms with Gasteiger partial charge in [0.25, 0.3) is 0 Å². The van der Waals surface area contributed by atoms with Gasteiger partial charge in [-0.1, -0.05) is 30.0 Å². The lowest BCUT2D eigenvalue weighted by molar-refractivity contribution is 0.602. The zero-order chi connectivity index (χ0) is 13.9. The van der Waals surface area contributed by atoms with Gasteiger partial charge in [-0.05, 0) is 30.8 Å². The van der Waals surface area contributed by atoms with Crippen LogP contribution in [0.15, 0.2) is 58.6 Å². The Kier molecular flexibility index (Phi) is 3.71. The first-order chi connectivity index (χ1) is 9.79. The summed E-state index contributed by atoms with van der Waals surface area (Å²) in [6.45, 7) is 0.535. The number of pyridine rings is 1. The molecular weight excluding hydrogens is 273 g/mol. The SMILES string of the molecule is NCCc1c(Sc2ccccc2F)nc2ccccn12. The Morgan fingerprint density at radius 2 is 1.95 bits per heavy atom. The van der Waals surface area contributed by atoms with Crippen molar-refractivity contribution in [3.8, 4) is 0 Å². The maximum absolute atomic E-state index is 13.8. The highest BCUT2D eigenvalue weighted by molar-refractivity contribution is 7.99. The molecule has 0 saturated heterocycles. The lowest BCUT2D eigenvalue weighted by Crippen LogP contribution is -2.05. The Hall–Kier alpha value is -1.85. The molecule has 2 aromatic heterocycles. The van der Waals surface area contributed by atoms with E-state index in [1.54, 1.807) is 12.1 Å². The largest absolute Gasteiger partial charge is 0.330 e. The van der Waals surface area contributed by atoms with Gasteiger partial charge in [0.1, 0.15) is 16.5 Å². The van der Waals surface area contributed by atoms with E-state index in [4.69, 9.17) is 5.73 Å². The number of nitrogens with zero attached hydrogens (tertiary/aromatic N) is 2. The molecule has 0 aliphatic rings. The van der Waals surface area contributed by atoms with Crippen molar-refractivity contribution in [2.24, 2.45) is 5.73 Å². The van der Waals surface area contributed by atoms with Gasteiger partial charge in [0.2, 0.25) is 0 Å². The molecule has 20 heavy (non-hydrogen) atoms. The summed E-state index contributed by atoms with van der Waals surface area (Å²) in [5, 5.41) is 0.812. The van der Waals surface area contributed by atoms with Gasteiger partial charge in [-0.2, -0.15) is 0 Å². The van der Waals surface area contributed by atoms with E-state index in [0.29, 0.717) is 17.9 Å². The quantitative estimate of drug-likeness (QED) is 0.801. The molecule has 2 heterocycles. The summed E-state index contributed by atoms with van der Waals surface area (Å²) in [5.41, 5.74) is 7.56. The molecule has 102 valence electrons. The van der Waals surface area contributed by atoms with Crippen LogP contribution in [0.4, 0.5) is 4.39 Å². The van der Waals surface area contributed by atoms with Gasteiger partial charge >= 0.3 is 0 Å². The third-order valence-corrected chi connectivity index (χ3v) is 4.09. The van der Waals surface area contributed by atoms with Gasteiger partial charge in [0.15, 0.2) is 0 Å².